The van der Waals surface area contributed by atoms with Gasteiger partial charge in [0.25, 0.3) is 10.0 Å². The van der Waals surface area contributed by atoms with E-state index in [-0.39, 0.29) is 5.69 Å². The Morgan fingerprint density at radius 1 is 1.35 bits per heavy atom. The molecule has 20 heavy (non-hydrogen) atoms. The van der Waals surface area contributed by atoms with E-state index in [2.05, 4.69) is 9.71 Å². The molecule has 0 aliphatic carbocycles. The maximum atomic E-state index is 13.5. The second kappa shape index (κ2) is 5.64. The number of nitrogens with zero attached hydrogens (tertiary/aromatic N) is 1. The Morgan fingerprint density at radius 2 is 2.10 bits per heavy atom. The van der Waals surface area contributed by atoms with Crippen molar-refractivity contribution >= 4 is 27.3 Å². The minimum atomic E-state index is -4.12. The summed E-state index contributed by atoms with van der Waals surface area (Å²) in [6.45, 7) is 0. The molecule has 1 aromatic carbocycles. The number of methoxy groups -OCH3 is 1. The van der Waals surface area contributed by atoms with Crippen molar-refractivity contribution in [3.8, 4) is 5.75 Å². The zero-order chi connectivity index (χ0) is 14.8. The lowest BCUT2D eigenvalue weighted by atomic mass is 10.3. The van der Waals surface area contributed by atoms with Crippen LogP contribution in [0.4, 0.5) is 10.1 Å². The number of hydrogen-bond donors (Lipinski definition) is 1. The second-order valence-electron chi connectivity index (χ2n) is 3.75. The Labute approximate surface area is 120 Å². The molecule has 0 unspecified atom stereocenters. The molecule has 1 heterocycles. The molecule has 2 aromatic rings. The Bertz CT molecular complexity index is 737. The smallest absolute Gasteiger partial charge is 0.282 e. The molecule has 0 saturated carbocycles. The van der Waals surface area contributed by atoms with Crippen LogP contribution >= 0.6 is 11.6 Å². The van der Waals surface area contributed by atoms with Gasteiger partial charge in [-0.3, -0.25) is 4.72 Å². The quantitative estimate of drug-likeness (QED) is 0.941. The van der Waals surface area contributed by atoms with Crippen LogP contribution in [0, 0.1) is 5.82 Å². The zero-order valence-corrected chi connectivity index (χ0v) is 11.9. The molecule has 0 saturated heterocycles. The second-order valence-corrected chi connectivity index (χ2v) is 5.75. The zero-order valence-electron chi connectivity index (χ0n) is 10.3. The highest BCUT2D eigenvalue weighted by Gasteiger charge is 2.20. The number of halogens is 2. The van der Waals surface area contributed by atoms with E-state index in [1.165, 1.54) is 37.6 Å². The van der Waals surface area contributed by atoms with Gasteiger partial charge in [-0.2, -0.15) is 8.42 Å². The van der Waals surface area contributed by atoms with Gasteiger partial charge in [0.1, 0.15) is 5.75 Å². The normalized spacial score (nSPS) is 11.2. The number of anilines is 1. The number of ether oxygens (including phenoxy) is 1. The van der Waals surface area contributed by atoms with E-state index >= 15 is 0 Å². The predicted octanol–water partition coefficient (Wildman–Crippen LogP) is 2.68. The molecule has 0 atom stereocenters. The summed E-state index contributed by atoms with van der Waals surface area (Å²) in [5.74, 6) is -0.630. The highest BCUT2D eigenvalue weighted by atomic mass is 35.5. The Morgan fingerprint density at radius 3 is 2.75 bits per heavy atom. The van der Waals surface area contributed by atoms with E-state index in [0.29, 0.717) is 10.8 Å². The summed E-state index contributed by atoms with van der Waals surface area (Å²) < 4.78 is 44.7. The molecule has 2 rings (SSSR count). The summed E-state index contributed by atoms with van der Waals surface area (Å²) in [6.07, 6.45) is 1.19. The average molecular weight is 317 g/mol. The van der Waals surface area contributed by atoms with Crippen molar-refractivity contribution in [3.05, 3.63) is 47.4 Å². The highest BCUT2D eigenvalue weighted by Crippen LogP contribution is 2.28. The van der Waals surface area contributed by atoms with Gasteiger partial charge < -0.3 is 4.74 Å². The first kappa shape index (κ1) is 14.5. The number of nitrogens with one attached hydrogen (secondary N) is 1. The van der Waals surface area contributed by atoms with Crippen LogP contribution in [0.25, 0.3) is 0 Å². The number of sulfonamides is 1. The first-order chi connectivity index (χ1) is 9.44. The van der Waals surface area contributed by atoms with Crippen LogP contribution in [0.3, 0.4) is 0 Å². The average Bonchev–Trinajstić information content (AvgIpc) is 2.41. The minimum absolute atomic E-state index is 0.191. The molecule has 0 radical (unpaired) electrons. The molecule has 0 aliphatic heterocycles. The predicted molar refractivity (Wildman–Crippen MR) is 73.0 cm³/mol. The van der Waals surface area contributed by atoms with Crippen molar-refractivity contribution in [2.24, 2.45) is 0 Å². The van der Waals surface area contributed by atoms with Gasteiger partial charge in [-0.05, 0) is 24.3 Å². The summed E-state index contributed by atoms with van der Waals surface area (Å²) in [6, 6.07) is 6.61. The lowest BCUT2D eigenvalue weighted by molar-refractivity contribution is 0.415. The lowest BCUT2D eigenvalue weighted by Crippen LogP contribution is -2.16. The van der Waals surface area contributed by atoms with Crippen LogP contribution in [-0.4, -0.2) is 20.5 Å². The molecule has 5 nitrogen and oxygen atoms in total. The van der Waals surface area contributed by atoms with Crippen LogP contribution in [0.15, 0.2) is 41.6 Å². The third-order valence-electron chi connectivity index (χ3n) is 2.38. The van der Waals surface area contributed by atoms with Crippen LogP contribution in [0.1, 0.15) is 0 Å². The van der Waals surface area contributed by atoms with Crippen molar-refractivity contribution in [2.45, 2.75) is 5.03 Å². The fourth-order valence-corrected chi connectivity index (χ4v) is 2.75. The molecule has 0 spiro atoms. The summed E-state index contributed by atoms with van der Waals surface area (Å²) in [4.78, 5) is 3.52. The van der Waals surface area contributed by atoms with E-state index in [9.17, 15) is 12.8 Å². The number of hydrogen-bond acceptors (Lipinski definition) is 4. The summed E-state index contributed by atoms with van der Waals surface area (Å²) in [5, 5.41) is -0.339. The highest BCUT2D eigenvalue weighted by molar-refractivity contribution is 7.92. The van der Waals surface area contributed by atoms with E-state index in [1.54, 1.807) is 0 Å². The first-order valence-corrected chi connectivity index (χ1v) is 7.27. The topological polar surface area (TPSA) is 68.3 Å². The van der Waals surface area contributed by atoms with E-state index in [1.807, 2.05) is 0 Å². The molecule has 1 N–H and O–H groups in total. The molecule has 0 fully saturated rings. The molecule has 106 valence electrons. The van der Waals surface area contributed by atoms with Gasteiger partial charge in [0.05, 0.1) is 17.8 Å². The fourth-order valence-electron chi connectivity index (χ4n) is 1.50. The number of rotatable bonds is 4. The van der Waals surface area contributed by atoms with Gasteiger partial charge in [-0.1, -0.05) is 11.6 Å². The Kier molecular flexibility index (Phi) is 4.10. The molecule has 0 amide bonds. The van der Waals surface area contributed by atoms with E-state index in [4.69, 9.17) is 16.3 Å². The van der Waals surface area contributed by atoms with Crippen molar-refractivity contribution < 1.29 is 17.5 Å². The summed E-state index contributed by atoms with van der Waals surface area (Å²) >= 11 is 5.84. The van der Waals surface area contributed by atoms with Gasteiger partial charge >= 0.3 is 0 Å². The number of aromatic nitrogens is 1. The monoisotopic (exact) mass is 316 g/mol. The standard InChI is InChI=1S/C12H10ClFN2O3S/c1-19-11-7-8(4-5-9(11)13)16-20(17,18)12-10(14)3-2-6-15-12/h2-7,16H,1H3. The largest absolute Gasteiger partial charge is 0.495 e. The van der Waals surface area contributed by atoms with E-state index in [0.717, 1.165) is 6.07 Å². The van der Waals surface area contributed by atoms with Crippen LogP contribution < -0.4 is 9.46 Å². The molecular weight excluding hydrogens is 307 g/mol. The maximum Gasteiger partial charge on any atom is 0.282 e. The molecule has 0 aliphatic rings. The van der Waals surface area contributed by atoms with Gasteiger partial charge in [0.15, 0.2) is 5.82 Å². The van der Waals surface area contributed by atoms with Crippen molar-refractivity contribution in [2.75, 3.05) is 11.8 Å². The maximum absolute atomic E-state index is 13.5. The number of benzene rings is 1. The third-order valence-corrected chi connectivity index (χ3v) is 4.01. The van der Waals surface area contributed by atoms with Crippen molar-refractivity contribution in [1.82, 2.24) is 4.98 Å². The minimum Gasteiger partial charge on any atom is -0.495 e. The fraction of sp³-hybridized carbons (Fsp3) is 0.0833. The van der Waals surface area contributed by atoms with Crippen LogP contribution in [0.5, 0.6) is 5.75 Å². The van der Waals surface area contributed by atoms with Crippen LogP contribution in [-0.2, 0) is 10.0 Å². The molecular formula is C12H10ClFN2O3S. The SMILES string of the molecule is COc1cc(NS(=O)(=O)c2ncccc2F)ccc1Cl. The third kappa shape index (κ3) is 3.00. The van der Waals surface area contributed by atoms with Gasteiger partial charge in [0.2, 0.25) is 5.03 Å². The summed E-state index contributed by atoms with van der Waals surface area (Å²) in [7, 11) is -2.72. The van der Waals surface area contributed by atoms with E-state index < -0.39 is 20.9 Å². The Balaban J connectivity index is 2.36. The Hall–Kier alpha value is -1.86. The van der Waals surface area contributed by atoms with Gasteiger partial charge in [-0.15, -0.1) is 0 Å². The van der Waals surface area contributed by atoms with Crippen molar-refractivity contribution in [1.29, 1.82) is 0 Å². The molecule has 1 aromatic heterocycles. The number of pyridine rings is 1. The van der Waals surface area contributed by atoms with Crippen molar-refractivity contribution in [3.63, 3.8) is 0 Å². The summed E-state index contributed by atoms with van der Waals surface area (Å²) in [5.41, 5.74) is 0.191. The molecule has 0 bridgehead atoms. The molecule has 8 heteroatoms. The van der Waals surface area contributed by atoms with Gasteiger partial charge in [0, 0.05) is 12.3 Å². The first-order valence-electron chi connectivity index (χ1n) is 5.41. The van der Waals surface area contributed by atoms with Crippen LogP contribution in [0.2, 0.25) is 5.02 Å². The lowest BCUT2D eigenvalue weighted by Gasteiger charge is -2.10. The van der Waals surface area contributed by atoms with Gasteiger partial charge in [-0.25, -0.2) is 9.37 Å².